The van der Waals surface area contributed by atoms with Crippen molar-refractivity contribution in [1.82, 2.24) is 9.55 Å². The van der Waals surface area contributed by atoms with E-state index < -0.39 is 31.4 Å². The van der Waals surface area contributed by atoms with Gasteiger partial charge in [-0.25, -0.2) is 4.79 Å². The van der Waals surface area contributed by atoms with Gasteiger partial charge in [-0.1, -0.05) is 20.8 Å². The van der Waals surface area contributed by atoms with Gasteiger partial charge in [0, 0.05) is 18.2 Å². The molecule has 142 valence electrons. The summed E-state index contributed by atoms with van der Waals surface area (Å²) in [5.41, 5.74) is -1.48. The summed E-state index contributed by atoms with van der Waals surface area (Å²) in [6, 6.07) is 0. The maximum absolute atomic E-state index is 12.3. The maximum atomic E-state index is 12.3. The standard InChI is InChI=1S/C17H30N2O5Si/c1-11-9-19(15(22)18-14(11)21)17(5)8-12(13(10-20)23-17)24-25(6,7)16(2,3)4/h9,12-13,20H,8,10H2,1-7H3,(H,18,21,22)/t12-,13+,17+/m0/s1. The van der Waals surface area contributed by atoms with Crippen LogP contribution in [0.4, 0.5) is 0 Å². The maximum Gasteiger partial charge on any atom is 0.330 e. The Bertz CT molecular complexity index is 749. The molecule has 2 N–H and O–H groups in total. The van der Waals surface area contributed by atoms with E-state index in [0.717, 1.165) is 0 Å². The Morgan fingerprint density at radius 2 is 2.04 bits per heavy atom. The number of nitrogens with one attached hydrogen (secondary N) is 1. The second-order valence-electron chi connectivity index (χ2n) is 8.58. The molecular weight excluding hydrogens is 340 g/mol. The van der Waals surface area contributed by atoms with Crippen LogP contribution in [0.25, 0.3) is 0 Å². The number of aromatic amines is 1. The van der Waals surface area contributed by atoms with Crippen LogP contribution in [0.3, 0.4) is 0 Å². The molecule has 0 spiro atoms. The van der Waals surface area contributed by atoms with E-state index >= 15 is 0 Å². The fourth-order valence-electron chi connectivity index (χ4n) is 2.86. The van der Waals surface area contributed by atoms with Crippen LogP contribution in [0.1, 0.15) is 39.7 Å². The third kappa shape index (κ3) is 3.81. The van der Waals surface area contributed by atoms with Gasteiger partial charge in [0.05, 0.1) is 12.7 Å². The van der Waals surface area contributed by atoms with Gasteiger partial charge in [-0.05, 0) is 32.0 Å². The molecular formula is C17H30N2O5Si. The summed E-state index contributed by atoms with van der Waals surface area (Å²) in [7, 11) is -2.06. The monoisotopic (exact) mass is 370 g/mol. The van der Waals surface area contributed by atoms with Crippen LogP contribution in [0.5, 0.6) is 0 Å². The predicted molar refractivity (Wildman–Crippen MR) is 98.4 cm³/mol. The fourth-order valence-corrected chi connectivity index (χ4v) is 4.20. The molecule has 0 bridgehead atoms. The number of aliphatic hydroxyl groups is 1. The van der Waals surface area contributed by atoms with Gasteiger partial charge in [0.25, 0.3) is 5.56 Å². The van der Waals surface area contributed by atoms with Gasteiger partial charge >= 0.3 is 5.69 Å². The van der Waals surface area contributed by atoms with Gasteiger partial charge in [0.2, 0.25) is 0 Å². The zero-order chi connectivity index (χ0) is 19.2. The van der Waals surface area contributed by atoms with Crippen molar-refractivity contribution in [2.45, 2.75) is 77.1 Å². The van der Waals surface area contributed by atoms with Gasteiger partial charge in [0.1, 0.15) is 11.8 Å². The molecule has 1 aliphatic heterocycles. The largest absolute Gasteiger partial charge is 0.411 e. The number of hydrogen-bond donors (Lipinski definition) is 2. The molecule has 0 aromatic carbocycles. The number of rotatable bonds is 4. The molecule has 2 heterocycles. The highest BCUT2D eigenvalue weighted by Crippen LogP contribution is 2.42. The van der Waals surface area contributed by atoms with Crippen molar-refractivity contribution >= 4 is 8.32 Å². The van der Waals surface area contributed by atoms with Crippen LogP contribution in [0.2, 0.25) is 18.1 Å². The van der Waals surface area contributed by atoms with Crippen LogP contribution in [0, 0.1) is 6.92 Å². The summed E-state index contributed by atoms with van der Waals surface area (Å²) in [5.74, 6) is 0. The normalized spacial score (nSPS) is 27.7. The fraction of sp³-hybridized carbons (Fsp3) is 0.765. The first kappa shape index (κ1) is 20.1. The summed E-state index contributed by atoms with van der Waals surface area (Å²) < 4.78 is 13.9. The van der Waals surface area contributed by atoms with Gasteiger partial charge in [-0.2, -0.15) is 0 Å². The minimum atomic E-state index is -2.06. The second-order valence-corrected chi connectivity index (χ2v) is 13.3. The van der Waals surface area contributed by atoms with E-state index in [1.54, 1.807) is 13.8 Å². The number of nitrogens with zero attached hydrogens (tertiary/aromatic N) is 1. The van der Waals surface area contributed by atoms with Gasteiger partial charge in [0.15, 0.2) is 8.32 Å². The first-order valence-corrected chi connectivity index (χ1v) is 11.5. The number of hydrogen-bond acceptors (Lipinski definition) is 5. The number of ether oxygens (including phenoxy) is 1. The Balaban J connectivity index is 2.36. The van der Waals surface area contributed by atoms with Crippen molar-refractivity contribution in [2.75, 3.05) is 6.61 Å². The van der Waals surface area contributed by atoms with Crippen molar-refractivity contribution in [3.8, 4) is 0 Å². The van der Waals surface area contributed by atoms with E-state index in [1.165, 1.54) is 10.8 Å². The number of aryl methyl sites for hydroxylation is 1. The number of H-pyrrole nitrogens is 1. The molecule has 0 aliphatic carbocycles. The van der Waals surface area contributed by atoms with Gasteiger partial charge < -0.3 is 14.3 Å². The van der Waals surface area contributed by atoms with Crippen LogP contribution >= 0.6 is 0 Å². The average Bonchev–Trinajstić information content (AvgIpc) is 2.78. The molecule has 3 atom stereocenters. The molecule has 0 unspecified atom stereocenters. The Kier molecular flexibility index (Phi) is 5.22. The molecule has 0 saturated carbocycles. The third-order valence-electron chi connectivity index (χ3n) is 5.46. The minimum Gasteiger partial charge on any atom is -0.411 e. The molecule has 0 radical (unpaired) electrons. The van der Waals surface area contributed by atoms with E-state index in [4.69, 9.17) is 9.16 Å². The zero-order valence-electron chi connectivity index (χ0n) is 16.2. The lowest BCUT2D eigenvalue weighted by atomic mass is 10.1. The van der Waals surface area contributed by atoms with Crippen LogP contribution < -0.4 is 11.2 Å². The quantitative estimate of drug-likeness (QED) is 0.787. The SMILES string of the molecule is Cc1cn([C@@]2(C)C[C@H](O[Si](C)(C)C(C)(C)C)[C@@H](CO)O2)c(=O)[nH]c1=O. The van der Waals surface area contributed by atoms with E-state index in [1.807, 2.05) is 0 Å². The molecule has 1 aliphatic rings. The molecule has 25 heavy (non-hydrogen) atoms. The topological polar surface area (TPSA) is 93.6 Å². The van der Waals surface area contributed by atoms with Gasteiger partial charge in [-0.15, -0.1) is 0 Å². The van der Waals surface area contributed by atoms with Crippen LogP contribution in [0.15, 0.2) is 15.8 Å². The van der Waals surface area contributed by atoms with Gasteiger partial charge in [-0.3, -0.25) is 14.3 Å². The zero-order valence-corrected chi connectivity index (χ0v) is 17.2. The number of aliphatic hydroxyl groups excluding tert-OH is 1. The minimum absolute atomic E-state index is 0.0252. The molecule has 7 nitrogen and oxygen atoms in total. The predicted octanol–water partition coefficient (Wildman–Crippen LogP) is 1.69. The van der Waals surface area contributed by atoms with Crippen molar-refractivity contribution in [2.24, 2.45) is 0 Å². The summed E-state index contributed by atoms with van der Waals surface area (Å²) in [6.07, 6.45) is 1.11. The Morgan fingerprint density at radius 3 is 2.56 bits per heavy atom. The van der Waals surface area contributed by atoms with E-state index in [0.29, 0.717) is 12.0 Å². The Morgan fingerprint density at radius 1 is 1.44 bits per heavy atom. The smallest absolute Gasteiger partial charge is 0.330 e. The Hall–Kier alpha value is -1.22. The highest BCUT2D eigenvalue weighted by atomic mass is 28.4. The molecule has 1 aromatic rings. The number of aromatic nitrogens is 2. The lowest BCUT2D eigenvalue weighted by Gasteiger charge is -2.39. The molecule has 1 saturated heterocycles. The van der Waals surface area contributed by atoms with Crippen molar-refractivity contribution in [3.05, 3.63) is 32.6 Å². The van der Waals surface area contributed by atoms with Crippen molar-refractivity contribution < 1.29 is 14.3 Å². The van der Waals surface area contributed by atoms with E-state index in [-0.39, 0.29) is 17.7 Å². The highest BCUT2D eigenvalue weighted by molar-refractivity contribution is 6.74. The Labute approximate surface area is 149 Å². The third-order valence-corrected chi connectivity index (χ3v) is 9.97. The highest BCUT2D eigenvalue weighted by Gasteiger charge is 2.49. The molecule has 1 fully saturated rings. The molecule has 2 rings (SSSR count). The summed E-state index contributed by atoms with van der Waals surface area (Å²) in [5, 5.41) is 9.77. The lowest BCUT2D eigenvalue weighted by Crippen LogP contribution is -2.46. The van der Waals surface area contributed by atoms with Crippen LogP contribution in [-0.4, -0.2) is 41.8 Å². The first-order chi connectivity index (χ1) is 11.3. The molecule has 8 heteroatoms. The second kappa shape index (κ2) is 6.50. The molecule has 1 aromatic heterocycles. The van der Waals surface area contributed by atoms with E-state index in [2.05, 4.69) is 38.8 Å². The van der Waals surface area contributed by atoms with Crippen molar-refractivity contribution in [1.29, 1.82) is 0 Å². The first-order valence-electron chi connectivity index (χ1n) is 8.60. The van der Waals surface area contributed by atoms with Crippen LogP contribution in [-0.2, 0) is 14.9 Å². The van der Waals surface area contributed by atoms with E-state index in [9.17, 15) is 14.7 Å². The summed E-state index contributed by atoms with van der Waals surface area (Å²) in [6.45, 7) is 14.0. The average molecular weight is 371 g/mol. The summed E-state index contributed by atoms with van der Waals surface area (Å²) >= 11 is 0. The van der Waals surface area contributed by atoms with Crippen molar-refractivity contribution in [3.63, 3.8) is 0 Å². The summed E-state index contributed by atoms with van der Waals surface area (Å²) in [4.78, 5) is 26.2. The lowest BCUT2D eigenvalue weighted by molar-refractivity contribution is -0.107. The molecule has 0 amide bonds.